The summed E-state index contributed by atoms with van der Waals surface area (Å²) in [5, 5.41) is 9.01. The van der Waals surface area contributed by atoms with Gasteiger partial charge in [0.25, 0.3) is 0 Å². The van der Waals surface area contributed by atoms with Crippen LogP contribution in [0, 0.1) is 0 Å². The van der Waals surface area contributed by atoms with Gasteiger partial charge in [-0.15, -0.1) is 24.0 Å². The second-order valence-electron chi connectivity index (χ2n) is 6.39. The Morgan fingerprint density at radius 1 is 1.30 bits per heavy atom. The van der Waals surface area contributed by atoms with Gasteiger partial charge in [0.15, 0.2) is 5.96 Å². The van der Waals surface area contributed by atoms with Crippen molar-refractivity contribution in [2.24, 2.45) is 4.99 Å². The lowest BCUT2D eigenvalue weighted by Crippen LogP contribution is -2.37. The molecule has 6 nitrogen and oxygen atoms in total. The van der Waals surface area contributed by atoms with Crippen LogP contribution in [0.3, 0.4) is 0 Å². The molecule has 27 heavy (non-hydrogen) atoms. The van der Waals surface area contributed by atoms with E-state index in [-0.39, 0.29) is 24.0 Å². The van der Waals surface area contributed by atoms with Crippen molar-refractivity contribution in [1.29, 1.82) is 0 Å². The molecule has 3 rings (SSSR count). The minimum atomic E-state index is 0. The molecule has 1 saturated heterocycles. The maximum atomic E-state index is 5.68. The van der Waals surface area contributed by atoms with Gasteiger partial charge in [-0.25, -0.2) is 0 Å². The number of pyridine rings is 1. The van der Waals surface area contributed by atoms with Gasteiger partial charge in [0.1, 0.15) is 0 Å². The van der Waals surface area contributed by atoms with Gasteiger partial charge in [-0.3, -0.25) is 9.98 Å². The van der Waals surface area contributed by atoms with Gasteiger partial charge in [-0.1, -0.05) is 24.3 Å². The van der Waals surface area contributed by atoms with E-state index < -0.39 is 0 Å². The Morgan fingerprint density at radius 3 is 3.00 bits per heavy atom. The summed E-state index contributed by atoms with van der Waals surface area (Å²) in [4.78, 5) is 8.76. The fourth-order valence-electron chi connectivity index (χ4n) is 3.08. The summed E-state index contributed by atoms with van der Waals surface area (Å²) < 4.78 is 11.2. The minimum Gasteiger partial charge on any atom is -0.379 e. The molecular weight excluding hydrogens is 455 g/mol. The highest BCUT2D eigenvalue weighted by atomic mass is 127. The van der Waals surface area contributed by atoms with E-state index in [9.17, 15) is 0 Å². The number of guanidine groups is 1. The summed E-state index contributed by atoms with van der Waals surface area (Å²) in [6.07, 6.45) is 5.35. The standard InChI is InChI=1S/C20H28N4O2.HI/c1-21-20(23-10-5-12-25-15-17-7-4-13-26-17)24-14-19-18-8-3-2-6-16(18)9-11-22-19;/h2-3,6,8-9,11,17H,4-5,7,10,12-15H2,1H3,(H2,21,23,24);1H. The number of hydrogen-bond acceptors (Lipinski definition) is 4. The maximum absolute atomic E-state index is 5.68. The number of nitrogens with one attached hydrogen (secondary N) is 2. The van der Waals surface area contributed by atoms with Crippen molar-refractivity contribution in [2.45, 2.75) is 31.9 Å². The van der Waals surface area contributed by atoms with Crippen molar-refractivity contribution < 1.29 is 9.47 Å². The SMILES string of the molecule is CN=C(NCCCOCC1CCCO1)NCc1nccc2ccccc12.I. The summed E-state index contributed by atoms with van der Waals surface area (Å²) >= 11 is 0. The van der Waals surface area contributed by atoms with E-state index in [0.717, 1.165) is 50.7 Å². The van der Waals surface area contributed by atoms with Gasteiger partial charge in [-0.05, 0) is 30.7 Å². The average molecular weight is 484 g/mol. The van der Waals surface area contributed by atoms with Crippen molar-refractivity contribution in [3.8, 4) is 0 Å². The molecule has 0 radical (unpaired) electrons. The Kier molecular flexibility index (Phi) is 9.79. The Hall–Kier alpha value is -1.45. The molecule has 1 aliphatic rings. The predicted molar refractivity (Wildman–Crippen MR) is 120 cm³/mol. The zero-order chi connectivity index (χ0) is 18.0. The quantitative estimate of drug-likeness (QED) is 0.261. The molecule has 2 aromatic rings. The lowest BCUT2D eigenvalue weighted by molar-refractivity contribution is 0.0168. The first-order valence-corrected chi connectivity index (χ1v) is 9.33. The Morgan fingerprint density at radius 2 is 2.19 bits per heavy atom. The van der Waals surface area contributed by atoms with Gasteiger partial charge in [-0.2, -0.15) is 0 Å². The normalized spacial score (nSPS) is 16.9. The molecule has 1 fully saturated rings. The third-order valence-corrected chi connectivity index (χ3v) is 4.49. The first kappa shape index (κ1) is 21.8. The maximum Gasteiger partial charge on any atom is 0.191 e. The fraction of sp³-hybridized carbons (Fsp3) is 0.500. The lowest BCUT2D eigenvalue weighted by Gasteiger charge is -2.13. The van der Waals surface area contributed by atoms with Gasteiger partial charge in [0.05, 0.1) is 24.9 Å². The van der Waals surface area contributed by atoms with E-state index in [1.54, 1.807) is 7.05 Å². The Balaban J connectivity index is 0.00000261. The molecule has 2 N–H and O–H groups in total. The molecule has 0 bridgehead atoms. The molecule has 0 spiro atoms. The molecular formula is C20H29IN4O2. The van der Waals surface area contributed by atoms with Gasteiger partial charge in [0, 0.05) is 38.4 Å². The van der Waals surface area contributed by atoms with Crippen molar-refractivity contribution in [3.63, 3.8) is 0 Å². The summed E-state index contributed by atoms with van der Waals surface area (Å²) in [7, 11) is 1.78. The monoisotopic (exact) mass is 484 g/mol. The van der Waals surface area contributed by atoms with Gasteiger partial charge >= 0.3 is 0 Å². The zero-order valence-electron chi connectivity index (χ0n) is 15.8. The van der Waals surface area contributed by atoms with Crippen LogP contribution in [0.4, 0.5) is 0 Å². The highest BCUT2D eigenvalue weighted by Crippen LogP contribution is 2.15. The van der Waals surface area contributed by atoms with E-state index in [1.807, 2.05) is 24.4 Å². The van der Waals surface area contributed by atoms with Crippen LogP contribution in [0.5, 0.6) is 0 Å². The minimum absolute atomic E-state index is 0. The number of benzene rings is 1. The van der Waals surface area contributed by atoms with E-state index in [0.29, 0.717) is 19.3 Å². The molecule has 1 aromatic heterocycles. The van der Waals surface area contributed by atoms with Crippen LogP contribution in [-0.2, 0) is 16.0 Å². The topological polar surface area (TPSA) is 67.8 Å². The number of halogens is 1. The molecule has 7 heteroatoms. The number of aliphatic imine (C=N–C) groups is 1. The van der Waals surface area contributed by atoms with Crippen LogP contribution in [0.1, 0.15) is 25.0 Å². The number of fused-ring (bicyclic) bond motifs is 1. The number of nitrogens with zero attached hydrogens (tertiary/aromatic N) is 2. The van der Waals surface area contributed by atoms with Gasteiger partial charge in [0.2, 0.25) is 0 Å². The summed E-state index contributed by atoms with van der Waals surface area (Å²) in [6, 6.07) is 10.3. The second-order valence-corrected chi connectivity index (χ2v) is 6.39. The second kappa shape index (κ2) is 12.1. The summed E-state index contributed by atoms with van der Waals surface area (Å²) in [6.45, 7) is 3.77. The zero-order valence-corrected chi connectivity index (χ0v) is 18.1. The van der Waals surface area contributed by atoms with Crippen LogP contribution >= 0.6 is 24.0 Å². The third kappa shape index (κ3) is 6.90. The Bertz CT molecular complexity index is 715. The average Bonchev–Trinajstić information content (AvgIpc) is 3.20. The predicted octanol–water partition coefficient (Wildman–Crippen LogP) is 3.10. The number of aromatic nitrogens is 1. The molecule has 148 valence electrons. The van der Waals surface area contributed by atoms with Crippen molar-refractivity contribution in [3.05, 3.63) is 42.2 Å². The van der Waals surface area contributed by atoms with E-state index in [2.05, 4.69) is 32.7 Å². The smallest absolute Gasteiger partial charge is 0.191 e. The highest BCUT2D eigenvalue weighted by Gasteiger charge is 2.14. The molecule has 1 aliphatic heterocycles. The van der Waals surface area contributed by atoms with Crippen molar-refractivity contribution >= 4 is 40.7 Å². The van der Waals surface area contributed by atoms with Crippen LogP contribution in [0.2, 0.25) is 0 Å². The molecule has 0 aliphatic carbocycles. The lowest BCUT2D eigenvalue weighted by atomic mass is 10.1. The van der Waals surface area contributed by atoms with E-state index in [1.165, 1.54) is 10.8 Å². The van der Waals surface area contributed by atoms with Crippen molar-refractivity contribution in [2.75, 3.05) is 33.4 Å². The first-order valence-electron chi connectivity index (χ1n) is 9.33. The molecule has 1 unspecified atom stereocenters. The molecule has 2 heterocycles. The molecule has 1 aromatic carbocycles. The fourth-order valence-corrected chi connectivity index (χ4v) is 3.08. The first-order chi connectivity index (χ1) is 12.9. The number of hydrogen-bond donors (Lipinski definition) is 2. The van der Waals surface area contributed by atoms with Crippen molar-refractivity contribution in [1.82, 2.24) is 15.6 Å². The van der Waals surface area contributed by atoms with E-state index >= 15 is 0 Å². The van der Waals surface area contributed by atoms with E-state index in [4.69, 9.17) is 9.47 Å². The van der Waals surface area contributed by atoms with Gasteiger partial charge < -0.3 is 20.1 Å². The Labute approximate surface area is 178 Å². The number of ether oxygens (including phenoxy) is 2. The molecule has 0 amide bonds. The van der Waals surface area contributed by atoms with Crippen LogP contribution < -0.4 is 10.6 Å². The third-order valence-electron chi connectivity index (χ3n) is 4.49. The molecule has 0 saturated carbocycles. The van der Waals surface area contributed by atoms with Crippen LogP contribution in [0.25, 0.3) is 10.8 Å². The largest absolute Gasteiger partial charge is 0.379 e. The number of rotatable bonds is 8. The summed E-state index contributed by atoms with van der Waals surface area (Å²) in [5.41, 5.74) is 1.02. The van der Waals surface area contributed by atoms with Crippen LogP contribution in [-0.4, -0.2) is 50.5 Å². The van der Waals surface area contributed by atoms with Crippen LogP contribution in [0.15, 0.2) is 41.5 Å². The highest BCUT2D eigenvalue weighted by molar-refractivity contribution is 14.0. The summed E-state index contributed by atoms with van der Waals surface area (Å²) in [5.74, 6) is 0.777. The molecule has 1 atom stereocenters.